The highest BCUT2D eigenvalue weighted by molar-refractivity contribution is 6.30. The highest BCUT2D eigenvalue weighted by Crippen LogP contribution is 2.50. The van der Waals surface area contributed by atoms with Gasteiger partial charge in [0.2, 0.25) is 0 Å². The number of rotatable bonds is 8. The SMILES string of the molecule is CCC(NC)C(=O)O.CCCCC1(C)CC1.O=CC1(c2ccc(Cl)cc2O)CC1. The molecule has 3 N–H and O–H groups in total. The number of phenolic OH excluding ortho intramolecular Hbond substituents is 1. The van der Waals surface area contributed by atoms with Crippen molar-refractivity contribution in [2.24, 2.45) is 5.41 Å². The molecule has 6 heteroatoms. The first-order valence-corrected chi connectivity index (χ1v) is 10.9. The zero-order valence-corrected chi connectivity index (χ0v) is 18.9. The number of nitrogens with one attached hydrogen (secondary N) is 1. The van der Waals surface area contributed by atoms with E-state index in [9.17, 15) is 14.7 Å². The van der Waals surface area contributed by atoms with Gasteiger partial charge in [-0.3, -0.25) is 4.79 Å². The molecule has 2 aliphatic rings. The zero-order valence-electron chi connectivity index (χ0n) is 18.1. The molecule has 3 rings (SSSR count). The molecule has 0 radical (unpaired) electrons. The lowest BCUT2D eigenvalue weighted by Crippen LogP contribution is -2.32. The molecule has 1 aromatic carbocycles. The number of aromatic hydroxyl groups is 1. The van der Waals surface area contributed by atoms with E-state index >= 15 is 0 Å². The van der Waals surface area contributed by atoms with Crippen molar-refractivity contribution in [3.63, 3.8) is 0 Å². The van der Waals surface area contributed by atoms with Crippen molar-refractivity contribution in [3.8, 4) is 5.75 Å². The van der Waals surface area contributed by atoms with Crippen molar-refractivity contribution >= 4 is 23.9 Å². The molecule has 0 bridgehead atoms. The summed E-state index contributed by atoms with van der Waals surface area (Å²) in [5.41, 5.74) is 1.08. The fourth-order valence-electron chi connectivity index (χ4n) is 3.08. The van der Waals surface area contributed by atoms with Crippen LogP contribution in [0.4, 0.5) is 0 Å². The van der Waals surface area contributed by atoms with Crippen LogP contribution in [0.5, 0.6) is 5.75 Å². The van der Waals surface area contributed by atoms with Gasteiger partial charge in [0.25, 0.3) is 0 Å². The fraction of sp³-hybridized carbons (Fsp3) is 0.652. The smallest absolute Gasteiger partial charge is 0.320 e. The highest BCUT2D eigenvalue weighted by atomic mass is 35.5. The molecular formula is C23H36ClNO4. The first kappa shape index (κ1) is 25.4. The van der Waals surface area contributed by atoms with Gasteiger partial charge in [-0.05, 0) is 63.1 Å². The Morgan fingerprint density at radius 1 is 1.28 bits per heavy atom. The van der Waals surface area contributed by atoms with E-state index in [0.717, 1.165) is 24.5 Å². The molecule has 0 spiro atoms. The predicted octanol–water partition coefficient (Wildman–Crippen LogP) is 5.32. The van der Waals surface area contributed by atoms with E-state index in [1.807, 2.05) is 6.92 Å². The van der Waals surface area contributed by atoms with Crippen molar-refractivity contribution in [2.75, 3.05) is 7.05 Å². The molecule has 0 saturated heterocycles. The Morgan fingerprint density at radius 2 is 1.90 bits per heavy atom. The van der Waals surface area contributed by atoms with Gasteiger partial charge in [0.15, 0.2) is 0 Å². The lowest BCUT2D eigenvalue weighted by molar-refractivity contribution is -0.139. The Balaban J connectivity index is 0.000000230. The Morgan fingerprint density at radius 3 is 2.21 bits per heavy atom. The minimum atomic E-state index is -0.782. The monoisotopic (exact) mass is 425 g/mol. The van der Waals surface area contributed by atoms with Gasteiger partial charge in [0.1, 0.15) is 18.1 Å². The molecule has 0 amide bonds. The number of hydrogen-bond acceptors (Lipinski definition) is 4. The summed E-state index contributed by atoms with van der Waals surface area (Å²) in [6.45, 7) is 6.50. The lowest BCUT2D eigenvalue weighted by Gasteiger charge is -2.09. The molecule has 2 aliphatic carbocycles. The maximum atomic E-state index is 10.8. The van der Waals surface area contributed by atoms with Crippen LogP contribution in [0.25, 0.3) is 0 Å². The van der Waals surface area contributed by atoms with E-state index in [1.54, 1.807) is 19.2 Å². The molecule has 0 aromatic heterocycles. The van der Waals surface area contributed by atoms with E-state index in [1.165, 1.54) is 38.2 Å². The summed E-state index contributed by atoms with van der Waals surface area (Å²) in [5.74, 6) is -0.660. The number of unbranched alkanes of at least 4 members (excludes halogenated alkanes) is 1. The summed E-state index contributed by atoms with van der Waals surface area (Å²) in [6.07, 6.45) is 10.5. The second-order valence-corrected chi connectivity index (χ2v) is 8.87. The molecule has 2 fully saturated rings. The van der Waals surface area contributed by atoms with Crippen LogP contribution in [0.3, 0.4) is 0 Å². The van der Waals surface area contributed by atoms with Crippen molar-refractivity contribution in [1.29, 1.82) is 0 Å². The van der Waals surface area contributed by atoms with E-state index in [-0.39, 0.29) is 11.8 Å². The van der Waals surface area contributed by atoms with E-state index in [4.69, 9.17) is 16.7 Å². The maximum Gasteiger partial charge on any atom is 0.320 e. The average molecular weight is 426 g/mol. The Bertz CT molecular complexity index is 665. The molecule has 1 aromatic rings. The number of carboxylic acid groups (broad SMARTS) is 1. The van der Waals surface area contributed by atoms with Gasteiger partial charge in [0, 0.05) is 10.6 Å². The van der Waals surface area contributed by atoms with Crippen molar-refractivity contribution in [1.82, 2.24) is 5.32 Å². The number of aliphatic carboxylic acids is 1. The van der Waals surface area contributed by atoms with Gasteiger partial charge in [-0.1, -0.05) is 51.3 Å². The molecular weight excluding hydrogens is 390 g/mol. The van der Waals surface area contributed by atoms with Crippen LogP contribution in [0.2, 0.25) is 5.02 Å². The third-order valence-electron chi connectivity index (χ3n) is 5.80. The molecule has 1 unspecified atom stereocenters. The van der Waals surface area contributed by atoms with Crippen LogP contribution in [0.1, 0.15) is 77.7 Å². The van der Waals surface area contributed by atoms with Crippen LogP contribution in [-0.2, 0) is 15.0 Å². The highest BCUT2D eigenvalue weighted by Gasteiger charge is 2.45. The van der Waals surface area contributed by atoms with Gasteiger partial charge in [-0.15, -0.1) is 0 Å². The number of carbonyl (C=O) groups excluding carboxylic acids is 1. The number of aldehydes is 1. The number of halogens is 1. The predicted molar refractivity (Wildman–Crippen MR) is 118 cm³/mol. The quantitative estimate of drug-likeness (QED) is 0.490. The van der Waals surface area contributed by atoms with E-state index in [0.29, 0.717) is 17.0 Å². The largest absolute Gasteiger partial charge is 0.508 e. The minimum absolute atomic E-state index is 0.122. The van der Waals surface area contributed by atoms with Gasteiger partial charge in [0.05, 0.1) is 5.41 Å². The molecule has 5 nitrogen and oxygen atoms in total. The van der Waals surface area contributed by atoms with Crippen LogP contribution < -0.4 is 5.32 Å². The Labute approximate surface area is 179 Å². The second kappa shape index (κ2) is 11.6. The first-order chi connectivity index (χ1) is 13.7. The molecule has 1 atom stereocenters. The number of likely N-dealkylation sites (N-methyl/N-ethyl adjacent to an activating group) is 1. The number of carboxylic acids is 1. The summed E-state index contributed by atoms with van der Waals surface area (Å²) >= 11 is 5.68. The first-order valence-electron chi connectivity index (χ1n) is 10.5. The molecule has 29 heavy (non-hydrogen) atoms. The zero-order chi connectivity index (χ0) is 22.1. The van der Waals surface area contributed by atoms with Gasteiger partial charge in [-0.25, -0.2) is 0 Å². The molecule has 0 aliphatic heterocycles. The summed E-state index contributed by atoms with van der Waals surface area (Å²) in [5, 5.41) is 21.0. The van der Waals surface area contributed by atoms with Gasteiger partial charge >= 0.3 is 5.97 Å². The standard InChI is InChI=1S/C10H9ClO2.C8H16.C5H11NO2/c11-7-1-2-8(9(13)5-7)10(6-12)3-4-10;1-3-4-5-8(2)6-7-8;1-3-4(6-2)5(7)8/h1-2,5-6,13H,3-4H2;3-7H2,1-2H3;4,6H,3H2,1-2H3,(H,7,8). The molecule has 164 valence electrons. The van der Waals surface area contributed by atoms with Crippen LogP contribution in [0, 0.1) is 5.41 Å². The third kappa shape index (κ3) is 8.35. The maximum absolute atomic E-state index is 10.8. The normalized spacial score (nSPS) is 18.2. The number of phenols is 1. The lowest BCUT2D eigenvalue weighted by atomic mass is 9.97. The average Bonchev–Trinajstić information content (AvgIpc) is 3.60. The van der Waals surface area contributed by atoms with E-state index in [2.05, 4.69) is 19.2 Å². The summed E-state index contributed by atoms with van der Waals surface area (Å²) in [4.78, 5) is 20.9. The Hall–Kier alpha value is -1.59. The fourth-order valence-corrected chi connectivity index (χ4v) is 3.25. The topological polar surface area (TPSA) is 86.6 Å². The van der Waals surface area contributed by atoms with Crippen LogP contribution in [0.15, 0.2) is 18.2 Å². The van der Waals surface area contributed by atoms with Gasteiger partial charge < -0.3 is 20.3 Å². The minimum Gasteiger partial charge on any atom is -0.508 e. The summed E-state index contributed by atoms with van der Waals surface area (Å²) in [6, 6.07) is 4.51. The van der Waals surface area contributed by atoms with E-state index < -0.39 is 11.4 Å². The number of benzene rings is 1. The summed E-state index contributed by atoms with van der Waals surface area (Å²) in [7, 11) is 1.64. The molecule has 0 heterocycles. The van der Waals surface area contributed by atoms with Gasteiger partial charge in [-0.2, -0.15) is 0 Å². The van der Waals surface area contributed by atoms with Crippen molar-refractivity contribution < 1.29 is 19.8 Å². The summed E-state index contributed by atoms with van der Waals surface area (Å²) < 4.78 is 0. The molecule has 2 saturated carbocycles. The van der Waals surface area contributed by atoms with Crippen LogP contribution in [-0.4, -0.2) is 35.6 Å². The van der Waals surface area contributed by atoms with Crippen LogP contribution >= 0.6 is 11.6 Å². The van der Waals surface area contributed by atoms with Crippen molar-refractivity contribution in [3.05, 3.63) is 28.8 Å². The number of hydrogen-bond donors (Lipinski definition) is 3. The second-order valence-electron chi connectivity index (χ2n) is 8.44. The number of carbonyl (C=O) groups is 2. The Kier molecular flexibility index (Phi) is 10.1. The van der Waals surface area contributed by atoms with Crippen molar-refractivity contribution in [2.45, 2.75) is 83.6 Å². The third-order valence-corrected chi connectivity index (χ3v) is 6.04.